The number of nitrogens with zero attached hydrogens (tertiary/aromatic N) is 2. The van der Waals surface area contributed by atoms with Gasteiger partial charge in [0.25, 0.3) is 0 Å². The summed E-state index contributed by atoms with van der Waals surface area (Å²) in [5.74, 6) is -1.03. The first-order chi connectivity index (χ1) is 11.2. The maximum atomic E-state index is 11.9. The van der Waals surface area contributed by atoms with Gasteiger partial charge in [-0.2, -0.15) is 0 Å². The highest BCUT2D eigenvalue weighted by Crippen LogP contribution is 2.15. The molecule has 1 atom stereocenters. The van der Waals surface area contributed by atoms with Gasteiger partial charge in [0, 0.05) is 25.3 Å². The fraction of sp³-hybridized carbons (Fsp3) is 0.588. The summed E-state index contributed by atoms with van der Waals surface area (Å²) >= 11 is 0. The van der Waals surface area contributed by atoms with Crippen LogP contribution < -0.4 is 5.32 Å². The number of pyridine rings is 1. The number of likely N-dealkylation sites (tertiary alicyclic amines) is 1. The smallest absolute Gasteiger partial charge is 0.407 e. The Labute approximate surface area is 142 Å². The van der Waals surface area contributed by atoms with E-state index in [2.05, 4.69) is 15.2 Å². The number of rotatable bonds is 4. The Hall–Kier alpha value is -2.15. The molecule has 24 heavy (non-hydrogen) atoms. The first-order valence-electron chi connectivity index (χ1n) is 8.13. The van der Waals surface area contributed by atoms with Crippen LogP contribution in [-0.2, 0) is 11.3 Å². The first kappa shape index (κ1) is 18.2. The van der Waals surface area contributed by atoms with Crippen LogP contribution in [0.3, 0.4) is 0 Å². The van der Waals surface area contributed by atoms with Gasteiger partial charge in [-0.25, -0.2) is 14.6 Å². The molecule has 1 fully saturated rings. The Morgan fingerprint density at radius 1 is 1.46 bits per heavy atom. The van der Waals surface area contributed by atoms with Gasteiger partial charge in [0.05, 0.1) is 0 Å². The van der Waals surface area contributed by atoms with Crippen LogP contribution in [0.2, 0.25) is 0 Å². The second-order valence-electron chi connectivity index (χ2n) is 7.07. The Morgan fingerprint density at radius 2 is 2.21 bits per heavy atom. The monoisotopic (exact) mass is 335 g/mol. The van der Waals surface area contributed by atoms with Gasteiger partial charge in [0.2, 0.25) is 0 Å². The lowest BCUT2D eigenvalue weighted by atomic mass is 10.0. The largest absolute Gasteiger partial charge is 0.477 e. The van der Waals surface area contributed by atoms with Crippen molar-refractivity contribution in [2.45, 2.75) is 51.8 Å². The van der Waals surface area contributed by atoms with E-state index >= 15 is 0 Å². The van der Waals surface area contributed by atoms with Crippen LogP contribution in [0.4, 0.5) is 4.79 Å². The normalized spacial score (nSPS) is 18.9. The van der Waals surface area contributed by atoms with Gasteiger partial charge in [-0.1, -0.05) is 0 Å². The van der Waals surface area contributed by atoms with Crippen molar-refractivity contribution in [1.29, 1.82) is 0 Å². The molecule has 7 heteroatoms. The van der Waals surface area contributed by atoms with Crippen LogP contribution >= 0.6 is 0 Å². The molecule has 0 aromatic carbocycles. The van der Waals surface area contributed by atoms with Crippen molar-refractivity contribution in [3.63, 3.8) is 0 Å². The second kappa shape index (κ2) is 7.61. The fourth-order valence-electron chi connectivity index (χ4n) is 2.74. The summed E-state index contributed by atoms with van der Waals surface area (Å²) in [6.07, 6.45) is 2.99. The molecule has 0 saturated carbocycles. The molecule has 2 rings (SSSR count). The molecule has 0 unspecified atom stereocenters. The highest BCUT2D eigenvalue weighted by molar-refractivity contribution is 5.85. The minimum absolute atomic E-state index is 0.0365. The summed E-state index contributed by atoms with van der Waals surface area (Å²) in [4.78, 5) is 28.9. The number of carbonyl (C=O) groups is 2. The Bertz CT molecular complexity index is 598. The van der Waals surface area contributed by atoms with E-state index in [1.54, 1.807) is 6.07 Å². The molecular weight excluding hydrogens is 310 g/mol. The number of alkyl carbamates (subject to hydrolysis) is 1. The van der Waals surface area contributed by atoms with E-state index in [-0.39, 0.29) is 11.7 Å². The number of hydrogen-bond acceptors (Lipinski definition) is 5. The number of aromatic carboxylic acids is 1. The summed E-state index contributed by atoms with van der Waals surface area (Å²) in [5, 5.41) is 11.9. The summed E-state index contributed by atoms with van der Waals surface area (Å²) in [6.45, 7) is 7.77. The zero-order valence-electron chi connectivity index (χ0n) is 14.4. The summed E-state index contributed by atoms with van der Waals surface area (Å²) in [5.41, 5.74) is 0.441. The molecule has 1 amide bonds. The predicted octanol–water partition coefficient (Wildman–Crippen LogP) is 2.27. The number of piperidine rings is 1. The molecule has 2 heterocycles. The summed E-state index contributed by atoms with van der Waals surface area (Å²) in [7, 11) is 0. The van der Waals surface area contributed by atoms with Crippen LogP contribution in [0.15, 0.2) is 18.3 Å². The number of nitrogens with one attached hydrogen (secondary N) is 1. The number of carboxylic acid groups (broad SMARTS) is 1. The zero-order chi connectivity index (χ0) is 17.7. The number of ether oxygens (including phenoxy) is 1. The molecule has 2 N–H and O–H groups in total. The number of aromatic nitrogens is 1. The van der Waals surface area contributed by atoms with E-state index in [0.717, 1.165) is 24.9 Å². The number of amides is 1. The van der Waals surface area contributed by atoms with Crippen LogP contribution in [0.5, 0.6) is 0 Å². The second-order valence-corrected chi connectivity index (χ2v) is 7.07. The predicted molar refractivity (Wildman–Crippen MR) is 88.9 cm³/mol. The highest BCUT2D eigenvalue weighted by atomic mass is 16.6. The quantitative estimate of drug-likeness (QED) is 0.877. The summed E-state index contributed by atoms with van der Waals surface area (Å²) in [6, 6.07) is 3.44. The molecule has 132 valence electrons. The lowest BCUT2D eigenvalue weighted by Gasteiger charge is -2.33. The fourth-order valence-corrected chi connectivity index (χ4v) is 2.74. The standard InChI is InChI=1S/C17H25N3O4/c1-17(2,3)24-16(23)19-13-5-4-8-20(11-13)10-12-6-7-18-14(9-12)15(21)22/h6-7,9,13H,4-5,8,10-11H2,1-3H3,(H,19,23)(H,21,22)/t13-/m1/s1. The molecule has 1 aliphatic heterocycles. The number of carbonyl (C=O) groups excluding carboxylic acids is 1. The van der Waals surface area contributed by atoms with Crippen molar-refractivity contribution in [2.24, 2.45) is 0 Å². The minimum atomic E-state index is -1.03. The van der Waals surface area contributed by atoms with Crippen LogP contribution in [0.1, 0.15) is 49.7 Å². The Kier molecular flexibility index (Phi) is 5.77. The topological polar surface area (TPSA) is 91.8 Å². The molecular formula is C17H25N3O4. The van der Waals surface area contributed by atoms with Crippen molar-refractivity contribution >= 4 is 12.1 Å². The summed E-state index contributed by atoms with van der Waals surface area (Å²) < 4.78 is 5.29. The third kappa shape index (κ3) is 5.81. The van der Waals surface area contributed by atoms with E-state index in [9.17, 15) is 9.59 Å². The first-order valence-corrected chi connectivity index (χ1v) is 8.13. The molecule has 1 aliphatic rings. The Morgan fingerprint density at radius 3 is 2.88 bits per heavy atom. The molecule has 0 radical (unpaired) electrons. The van der Waals surface area contributed by atoms with Gasteiger partial charge in [0.15, 0.2) is 0 Å². The van der Waals surface area contributed by atoms with Crippen molar-refractivity contribution in [3.05, 3.63) is 29.6 Å². The van der Waals surface area contributed by atoms with Crippen molar-refractivity contribution in [1.82, 2.24) is 15.2 Å². The van der Waals surface area contributed by atoms with Gasteiger partial charge in [-0.15, -0.1) is 0 Å². The molecule has 0 spiro atoms. The van der Waals surface area contributed by atoms with Gasteiger partial charge < -0.3 is 15.2 Å². The maximum Gasteiger partial charge on any atom is 0.407 e. The van der Waals surface area contributed by atoms with Crippen molar-refractivity contribution in [2.75, 3.05) is 13.1 Å². The lowest BCUT2D eigenvalue weighted by molar-refractivity contribution is 0.0469. The van der Waals surface area contributed by atoms with Crippen LogP contribution in [0.25, 0.3) is 0 Å². The Balaban J connectivity index is 1.90. The zero-order valence-corrected chi connectivity index (χ0v) is 14.4. The third-order valence-corrected chi connectivity index (χ3v) is 3.68. The van der Waals surface area contributed by atoms with Crippen LogP contribution in [-0.4, -0.2) is 51.8 Å². The molecule has 1 saturated heterocycles. The SMILES string of the molecule is CC(C)(C)OC(=O)N[C@@H]1CCCN(Cc2ccnc(C(=O)O)c2)C1. The maximum absolute atomic E-state index is 11.9. The molecule has 1 aromatic heterocycles. The molecule has 0 bridgehead atoms. The van der Waals surface area contributed by atoms with Crippen molar-refractivity contribution in [3.8, 4) is 0 Å². The van der Waals surface area contributed by atoms with Crippen LogP contribution in [0, 0.1) is 0 Å². The molecule has 1 aromatic rings. The minimum Gasteiger partial charge on any atom is -0.477 e. The molecule has 7 nitrogen and oxygen atoms in total. The van der Waals surface area contributed by atoms with Gasteiger partial charge in [0.1, 0.15) is 11.3 Å². The average Bonchev–Trinajstić information content (AvgIpc) is 2.45. The van der Waals surface area contributed by atoms with Gasteiger partial charge in [-0.3, -0.25) is 4.90 Å². The average molecular weight is 335 g/mol. The van der Waals surface area contributed by atoms with E-state index < -0.39 is 17.7 Å². The molecule has 0 aliphatic carbocycles. The third-order valence-electron chi connectivity index (χ3n) is 3.68. The van der Waals surface area contributed by atoms with E-state index in [1.165, 1.54) is 6.20 Å². The number of hydrogen-bond donors (Lipinski definition) is 2. The highest BCUT2D eigenvalue weighted by Gasteiger charge is 2.24. The van der Waals surface area contributed by atoms with Gasteiger partial charge in [-0.05, 0) is 57.9 Å². The van der Waals surface area contributed by atoms with E-state index in [4.69, 9.17) is 9.84 Å². The van der Waals surface area contributed by atoms with E-state index in [1.807, 2.05) is 26.8 Å². The van der Waals surface area contributed by atoms with Crippen molar-refractivity contribution < 1.29 is 19.4 Å². The lowest BCUT2D eigenvalue weighted by Crippen LogP contribution is -2.48. The van der Waals surface area contributed by atoms with E-state index in [0.29, 0.717) is 13.1 Å². The van der Waals surface area contributed by atoms with Gasteiger partial charge >= 0.3 is 12.1 Å². The number of carboxylic acids is 1.